The van der Waals surface area contributed by atoms with Crippen molar-refractivity contribution in [3.63, 3.8) is 0 Å². The fourth-order valence-corrected chi connectivity index (χ4v) is 4.72. The first-order valence-corrected chi connectivity index (χ1v) is 21.5. The van der Waals surface area contributed by atoms with Gasteiger partial charge in [-0.25, -0.2) is 0 Å². The first-order valence-electron chi connectivity index (χ1n) is 21.5. The first-order chi connectivity index (χ1) is 29.2. The summed E-state index contributed by atoms with van der Waals surface area (Å²) in [5.41, 5.74) is 9.04. The number of rotatable bonds is 9. The number of phenols is 1. The van der Waals surface area contributed by atoms with Gasteiger partial charge in [0, 0.05) is 42.7 Å². The molecular formula is C57H82N2O. The first kappa shape index (κ1) is 60.7. The second kappa shape index (κ2) is 44.2. The standard InChI is InChI=1S/C26H28N2O.C12H10.C6H10.C3H6.4C2H6.C2H4/c1-19(2)16-24-13-10-23(17-27-24)26(22-11-14-25(29)15-12-22)18-28(4)20(3)21-8-6-5-7-9-21;1-3-7-11(8-4-1)12-9-5-2-6-10-12;1-3-5-6-4-2;1-3-2;5*1-2/h5-15,17-18,20,29H,1,16H2,2-4H3;1-10H;3-6H,1-2H3;3H,1H2,2H3;4*1-2H3;1-2H2/b26-18-;;5-3-,6-4-;;;;;;/t20-;;;;;;;;/m1......../s1. The monoisotopic (exact) mass is 811 g/mol. The molecule has 0 spiro atoms. The molecule has 0 fully saturated rings. The summed E-state index contributed by atoms with van der Waals surface area (Å²) in [5, 5.41) is 9.70. The molecule has 0 bridgehead atoms. The van der Waals surface area contributed by atoms with Gasteiger partial charge in [0.15, 0.2) is 0 Å². The Morgan fingerprint density at radius 3 is 1.37 bits per heavy atom. The molecule has 0 aliphatic heterocycles. The molecule has 0 saturated heterocycles. The summed E-state index contributed by atoms with van der Waals surface area (Å²) in [7, 11) is 2.08. The second-order valence-corrected chi connectivity index (χ2v) is 11.7. The van der Waals surface area contributed by atoms with E-state index in [0.717, 1.165) is 34.4 Å². The van der Waals surface area contributed by atoms with E-state index in [0.29, 0.717) is 0 Å². The molecule has 0 aliphatic carbocycles. The number of nitrogens with zero attached hydrogens (tertiary/aromatic N) is 2. The van der Waals surface area contributed by atoms with E-state index in [4.69, 9.17) is 0 Å². The van der Waals surface area contributed by atoms with Gasteiger partial charge in [-0.3, -0.25) is 4.98 Å². The lowest BCUT2D eigenvalue weighted by Crippen LogP contribution is -2.17. The van der Waals surface area contributed by atoms with Crippen molar-refractivity contribution in [1.29, 1.82) is 0 Å². The van der Waals surface area contributed by atoms with Gasteiger partial charge < -0.3 is 10.0 Å². The van der Waals surface area contributed by atoms with Crippen LogP contribution >= 0.6 is 0 Å². The van der Waals surface area contributed by atoms with Crippen LogP contribution in [0.3, 0.4) is 0 Å². The molecule has 4 aromatic carbocycles. The molecule has 0 radical (unpaired) electrons. The smallest absolute Gasteiger partial charge is 0.115 e. The summed E-state index contributed by atoms with van der Waals surface area (Å²) in [5.74, 6) is 0.258. The van der Waals surface area contributed by atoms with E-state index < -0.39 is 0 Å². The average Bonchev–Trinajstić information content (AvgIpc) is 3.32. The molecule has 0 aliphatic rings. The summed E-state index contributed by atoms with van der Waals surface area (Å²) in [6.45, 7) is 39.4. The molecule has 5 aromatic rings. The number of hydrogen-bond acceptors (Lipinski definition) is 3. The molecule has 3 nitrogen and oxygen atoms in total. The minimum absolute atomic E-state index is 0.221. The molecule has 0 amide bonds. The van der Waals surface area contributed by atoms with E-state index in [-0.39, 0.29) is 11.8 Å². The Kier molecular flexibility index (Phi) is 44.7. The van der Waals surface area contributed by atoms with Gasteiger partial charge in [0.1, 0.15) is 5.75 Å². The Morgan fingerprint density at radius 2 is 1.02 bits per heavy atom. The lowest BCUT2D eigenvalue weighted by Gasteiger charge is -2.25. The number of benzene rings is 4. The lowest BCUT2D eigenvalue weighted by atomic mass is 9.98. The van der Waals surface area contributed by atoms with E-state index in [1.54, 1.807) is 18.2 Å². The number of hydrogen-bond donors (Lipinski definition) is 1. The maximum atomic E-state index is 9.70. The maximum absolute atomic E-state index is 9.70. The third kappa shape index (κ3) is 28.5. The highest BCUT2D eigenvalue weighted by atomic mass is 16.3. The van der Waals surface area contributed by atoms with Crippen molar-refractivity contribution >= 4 is 5.57 Å². The van der Waals surface area contributed by atoms with E-state index in [2.05, 4.69) is 141 Å². The van der Waals surface area contributed by atoms with Crippen molar-refractivity contribution in [3.8, 4) is 16.9 Å². The largest absolute Gasteiger partial charge is 0.508 e. The average molecular weight is 811 g/mol. The zero-order valence-corrected chi connectivity index (χ0v) is 40.1. The van der Waals surface area contributed by atoms with Gasteiger partial charge in [-0.15, -0.1) is 19.7 Å². The minimum Gasteiger partial charge on any atom is -0.508 e. The van der Waals surface area contributed by atoms with Gasteiger partial charge in [0.25, 0.3) is 0 Å². The Morgan fingerprint density at radius 1 is 0.633 bits per heavy atom. The maximum Gasteiger partial charge on any atom is 0.115 e. The fourth-order valence-electron chi connectivity index (χ4n) is 4.72. The number of aromatic hydroxyl groups is 1. The van der Waals surface area contributed by atoms with Gasteiger partial charge in [0.05, 0.1) is 6.04 Å². The number of aromatic nitrogens is 1. The molecule has 0 saturated carbocycles. The molecule has 3 heteroatoms. The van der Waals surface area contributed by atoms with E-state index in [1.807, 2.05) is 144 Å². The lowest BCUT2D eigenvalue weighted by molar-refractivity contribution is 0.362. The van der Waals surface area contributed by atoms with Crippen LogP contribution in [0.4, 0.5) is 0 Å². The minimum atomic E-state index is 0.221. The van der Waals surface area contributed by atoms with Crippen molar-refractivity contribution in [1.82, 2.24) is 9.88 Å². The van der Waals surface area contributed by atoms with Gasteiger partial charge in [-0.1, -0.05) is 207 Å². The molecule has 0 unspecified atom stereocenters. The highest BCUT2D eigenvalue weighted by Crippen LogP contribution is 2.28. The Hall–Kier alpha value is -5.93. The second-order valence-electron chi connectivity index (χ2n) is 11.7. The van der Waals surface area contributed by atoms with Crippen molar-refractivity contribution < 1.29 is 5.11 Å². The predicted molar refractivity (Wildman–Crippen MR) is 275 cm³/mol. The summed E-state index contributed by atoms with van der Waals surface area (Å²) < 4.78 is 0. The van der Waals surface area contributed by atoms with Crippen LogP contribution in [0.1, 0.15) is 118 Å². The van der Waals surface area contributed by atoms with Crippen LogP contribution in [0.15, 0.2) is 202 Å². The normalized spacial score (nSPS) is 9.80. The predicted octanol–water partition coefficient (Wildman–Crippen LogP) is 17.6. The highest BCUT2D eigenvalue weighted by Gasteiger charge is 2.13. The molecule has 60 heavy (non-hydrogen) atoms. The van der Waals surface area contributed by atoms with Gasteiger partial charge in [-0.05, 0) is 75.1 Å². The Balaban J connectivity index is -0.000000416. The van der Waals surface area contributed by atoms with Gasteiger partial charge in [0.2, 0.25) is 0 Å². The zero-order chi connectivity index (χ0) is 46.6. The number of phenolic OH excluding ortho intramolecular Hbond substituents is 1. The molecule has 1 aromatic heterocycles. The van der Waals surface area contributed by atoms with Gasteiger partial charge in [-0.2, -0.15) is 0 Å². The SMILES string of the molecule is C/C=C\C=C/C.C=C.C=C(C)Cc1ccc(/C(=C\N(C)[C@H](C)c2ccccc2)c2ccc(O)cc2)cn1.C=CC.CC.CC.CC.CC.c1ccc(-c2ccccc2)cc1. The van der Waals surface area contributed by atoms with E-state index >= 15 is 0 Å². The molecule has 326 valence electrons. The quantitative estimate of drug-likeness (QED) is 0.119. The van der Waals surface area contributed by atoms with Crippen molar-refractivity contribution in [2.75, 3.05) is 7.05 Å². The Labute approximate surface area is 370 Å². The molecular weight excluding hydrogens is 729 g/mol. The molecule has 5 rings (SSSR count). The summed E-state index contributed by atoms with van der Waals surface area (Å²) in [4.78, 5) is 6.83. The van der Waals surface area contributed by atoms with Crippen molar-refractivity contribution in [2.24, 2.45) is 0 Å². The number of allylic oxidation sites excluding steroid dienone is 6. The summed E-state index contributed by atoms with van der Waals surface area (Å²) >= 11 is 0. The van der Waals surface area contributed by atoms with Crippen LogP contribution < -0.4 is 0 Å². The fraction of sp³-hybridized carbons (Fsp3) is 0.281. The zero-order valence-electron chi connectivity index (χ0n) is 40.1. The summed E-state index contributed by atoms with van der Waals surface area (Å²) in [6.07, 6.45) is 14.6. The van der Waals surface area contributed by atoms with Crippen molar-refractivity contribution in [2.45, 2.75) is 102 Å². The topological polar surface area (TPSA) is 36.4 Å². The highest BCUT2D eigenvalue weighted by molar-refractivity contribution is 5.79. The van der Waals surface area contributed by atoms with Crippen molar-refractivity contribution in [3.05, 3.63) is 224 Å². The third-order valence-corrected chi connectivity index (χ3v) is 7.40. The van der Waals surface area contributed by atoms with Crippen LogP contribution in [0.25, 0.3) is 16.7 Å². The van der Waals surface area contributed by atoms with Crippen LogP contribution in [0, 0.1) is 0 Å². The Bertz CT molecular complexity index is 1710. The van der Waals surface area contributed by atoms with Crippen LogP contribution in [0.5, 0.6) is 5.75 Å². The van der Waals surface area contributed by atoms with Gasteiger partial charge >= 0.3 is 0 Å². The molecule has 1 atom stereocenters. The third-order valence-electron chi connectivity index (χ3n) is 7.40. The van der Waals surface area contributed by atoms with Crippen LogP contribution in [-0.4, -0.2) is 22.0 Å². The summed E-state index contributed by atoms with van der Waals surface area (Å²) in [6, 6.07) is 42.9. The molecule has 1 N–H and O–H groups in total. The van der Waals surface area contributed by atoms with Crippen LogP contribution in [-0.2, 0) is 6.42 Å². The van der Waals surface area contributed by atoms with Crippen LogP contribution in [0.2, 0.25) is 0 Å². The number of pyridine rings is 1. The van der Waals surface area contributed by atoms with E-state index in [9.17, 15) is 5.11 Å². The van der Waals surface area contributed by atoms with E-state index in [1.165, 1.54) is 16.7 Å². The molecule has 1 heterocycles.